The lowest BCUT2D eigenvalue weighted by molar-refractivity contribution is -0.141. The molecule has 0 radical (unpaired) electrons. The maximum Gasteiger partial charge on any atom is 0.225 e. The Balaban J connectivity index is 1.96. The van der Waals surface area contributed by atoms with Gasteiger partial charge in [-0.05, 0) is 45.4 Å². The first-order chi connectivity index (χ1) is 8.68. The lowest BCUT2D eigenvalue weighted by Gasteiger charge is -2.39. The van der Waals surface area contributed by atoms with Gasteiger partial charge in [-0.3, -0.25) is 4.79 Å². The predicted octanol–water partition coefficient (Wildman–Crippen LogP) is 2.72. The van der Waals surface area contributed by atoms with Crippen LogP contribution in [-0.2, 0) is 4.79 Å². The van der Waals surface area contributed by atoms with Crippen molar-refractivity contribution in [3.63, 3.8) is 0 Å². The monoisotopic (exact) mass is 253 g/mol. The number of hydrogen-bond donors (Lipinski definition) is 1. The van der Waals surface area contributed by atoms with Crippen LogP contribution in [0, 0.1) is 5.92 Å². The molecule has 0 aromatic heterocycles. The van der Waals surface area contributed by atoms with Crippen LogP contribution in [0.15, 0.2) is 0 Å². The summed E-state index contributed by atoms with van der Waals surface area (Å²) in [6.07, 6.45) is 9.74. The van der Waals surface area contributed by atoms with Gasteiger partial charge in [-0.15, -0.1) is 0 Å². The van der Waals surface area contributed by atoms with Crippen molar-refractivity contribution in [3.8, 4) is 0 Å². The molecule has 104 valence electrons. The molecule has 1 saturated heterocycles. The summed E-state index contributed by atoms with van der Waals surface area (Å²) in [5.41, 5.74) is 0. The molecule has 1 N–H and O–H groups in total. The minimum atomic E-state index is -0.297. The Hall–Kier alpha value is -0.570. The summed E-state index contributed by atoms with van der Waals surface area (Å²) in [6.45, 7) is 2.74. The maximum atomic E-state index is 12.6. The van der Waals surface area contributed by atoms with Gasteiger partial charge in [0.25, 0.3) is 0 Å². The Morgan fingerprint density at radius 1 is 1.17 bits per heavy atom. The van der Waals surface area contributed by atoms with Crippen molar-refractivity contribution >= 4 is 5.91 Å². The first-order valence-electron chi connectivity index (χ1n) is 7.67. The fourth-order valence-electron chi connectivity index (χ4n) is 3.51. The molecule has 3 nitrogen and oxygen atoms in total. The number of nitrogens with zero attached hydrogens (tertiary/aromatic N) is 1. The molecule has 2 unspecified atom stereocenters. The van der Waals surface area contributed by atoms with E-state index >= 15 is 0 Å². The first kappa shape index (κ1) is 13.9. The van der Waals surface area contributed by atoms with Gasteiger partial charge in [0, 0.05) is 18.5 Å². The van der Waals surface area contributed by atoms with Gasteiger partial charge in [0.1, 0.15) is 0 Å². The molecule has 1 aliphatic heterocycles. The van der Waals surface area contributed by atoms with Crippen LogP contribution in [0.2, 0.25) is 0 Å². The highest BCUT2D eigenvalue weighted by Crippen LogP contribution is 2.29. The van der Waals surface area contributed by atoms with Crippen LogP contribution >= 0.6 is 0 Å². The highest BCUT2D eigenvalue weighted by Gasteiger charge is 2.32. The van der Waals surface area contributed by atoms with Crippen molar-refractivity contribution < 1.29 is 9.90 Å². The number of rotatable bonds is 3. The minimum absolute atomic E-state index is 0.272. The Morgan fingerprint density at radius 3 is 2.50 bits per heavy atom. The number of piperidine rings is 1. The van der Waals surface area contributed by atoms with Gasteiger partial charge in [-0.2, -0.15) is 0 Å². The summed E-state index contributed by atoms with van der Waals surface area (Å²) >= 11 is 0. The standard InChI is InChI=1S/C15H27NO2/c1-12(17)11-14-9-5-6-10-16(14)15(18)13-7-3-2-4-8-13/h12-14,17H,2-11H2,1H3. The van der Waals surface area contributed by atoms with Crippen molar-refractivity contribution in [1.82, 2.24) is 4.90 Å². The Kier molecular flexibility index (Phi) is 5.04. The second-order valence-corrected chi connectivity index (χ2v) is 6.10. The third kappa shape index (κ3) is 3.47. The average molecular weight is 253 g/mol. The lowest BCUT2D eigenvalue weighted by atomic mass is 9.86. The summed E-state index contributed by atoms with van der Waals surface area (Å²) in [5.74, 6) is 0.647. The summed E-state index contributed by atoms with van der Waals surface area (Å²) in [4.78, 5) is 14.7. The molecule has 1 saturated carbocycles. The van der Waals surface area contributed by atoms with E-state index in [4.69, 9.17) is 0 Å². The van der Waals surface area contributed by atoms with Gasteiger partial charge in [0.15, 0.2) is 0 Å². The van der Waals surface area contributed by atoms with E-state index in [0.29, 0.717) is 5.91 Å². The second kappa shape index (κ2) is 6.55. The highest BCUT2D eigenvalue weighted by atomic mass is 16.3. The molecule has 0 aromatic rings. The SMILES string of the molecule is CC(O)CC1CCCCN1C(=O)C1CCCCC1. The topological polar surface area (TPSA) is 40.5 Å². The molecule has 0 aromatic carbocycles. The predicted molar refractivity (Wildman–Crippen MR) is 72.2 cm³/mol. The molecular formula is C15H27NO2. The number of likely N-dealkylation sites (tertiary alicyclic amines) is 1. The molecule has 2 fully saturated rings. The van der Waals surface area contributed by atoms with Crippen LogP contribution in [0.1, 0.15) is 64.7 Å². The van der Waals surface area contributed by atoms with Gasteiger partial charge >= 0.3 is 0 Å². The molecule has 0 bridgehead atoms. The van der Waals surface area contributed by atoms with E-state index in [0.717, 1.165) is 38.6 Å². The summed E-state index contributed by atoms with van der Waals surface area (Å²) in [6, 6.07) is 0.285. The van der Waals surface area contributed by atoms with Crippen LogP contribution in [0.5, 0.6) is 0 Å². The lowest BCUT2D eigenvalue weighted by Crippen LogP contribution is -2.47. The van der Waals surface area contributed by atoms with E-state index in [1.807, 2.05) is 6.92 Å². The van der Waals surface area contributed by atoms with E-state index in [9.17, 15) is 9.90 Å². The molecule has 18 heavy (non-hydrogen) atoms. The van der Waals surface area contributed by atoms with E-state index in [1.165, 1.54) is 25.7 Å². The summed E-state index contributed by atoms with van der Waals surface area (Å²) in [5, 5.41) is 9.58. The Bertz CT molecular complexity index is 272. The molecule has 0 spiro atoms. The normalized spacial score (nSPS) is 28.1. The quantitative estimate of drug-likeness (QED) is 0.840. The zero-order chi connectivity index (χ0) is 13.0. The van der Waals surface area contributed by atoms with E-state index in [-0.39, 0.29) is 18.1 Å². The molecule has 1 amide bonds. The van der Waals surface area contributed by atoms with Crippen molar-refractivity contribution in [1.29, 1.82) is 0 Å². The van der Waals surface area contributed by atoms with E-state index in [2.05, 4.69) is 4.90 Å². The van der Waals surface area contributed by atoms with Crippen molar-refractivity contribution in [2.24, 2.45) is 5.92 Å². The van der Waals surface area contributed by atoms with Crippen LogP contribution in [0.3, 0.4) is 0 Å². The largest absolute Gasteiger partial charge is 0.393 e. The van der Waals surface area contributed by atoms with Gasteiger partial charge in [0.2, 0.25) is 5.91 Å². The molecular weight excluding hydrogens is 226 g/mol. The van der Waals surface area contributed by atoms with Gasteiger partial charge in [0.05, 0.1) is 6.10 Å². The van der Waals surface area contributed by atoms with Gasteiger partial charge < -0.3 is 10.0 Å². The second-order valence-electron chi connectivity index (χ2n) is 6.10. The van der Waals surface area contributed by atoms with Crippen molar-refractivity contribution in [2.45, 2.75) is 76.9 Å². The number of aliphatic hydroxyl groups excluding tert-OH is 1. The first-order valence-corrected chi connectivity index (χ1v) is 7.67. The van der Waals surface area contributed by atoms with Crippen LogP contribution in [0.4, 0.5) is 0 Å². The maximum absolute atomic E-state index is 12.6. The van der Waals surface area contributed by atoms with Crippen molar-refractivity contribution in [3.05, 3.63) is 0 Å². The molecule has 3 heteroatoms. The highest BCUT2D eigenvalue weighted by molar-refractivity contribution is 5.79. The fourth-order valence-corrected chi connectivity index (χ4v) is 3.51. The molecule has 2 aliphatic rings. The van der Waals surface area contributed by atoms with Crippen molar-refractivity contribution in [2.75, 3.05) is 6.54 Å². The van der Waals surface area contributed by atoms with Gasteiger partial charge in [-0.1, -0.05) is 19.3 Å². The van der Waals surface area contributed by atoms with Gasteiger partial charge in [-0.25, -0.2) is 0 Å². The van der Waals surface area contributed by atoms with E-state index < -0.39 is 0 Å². The number of carbonyl (C=O) groups is 1. The fraction of sp³-hybridized carbons (Fsp3) is 0.933. The van der Waals surface area contributed by atoms with E-state index in [1.54, 1.807) is 0 Å². The number of carbonyl (C=O) groups excluding carboxylic acids is 1. The summed E-state index contributed by atoms with van der Waals surface area (Å²) in [7, 11) is 0. The van der Waals surface area contributed by atoms with Crippen LogP contribution in [0.25, 0.3) is 0 Å². The summed E-state index contributed by atoms with van der Waals surface area (Å²) < 4.78 is 0. The smallest absolute Gasteiger partial charge is 0.225 e. The molecule has 1 aliphatic carbocycles. The zero-order valence-corrected chi connectivity index (χ0v) is 11.6. The van der Waals surface area contributed by atoms with Crippen LogP contribution in [-0.4, -0.2) is 34.6 Å². The molecule has 1 heterocycles. The Labute approximate surface area is 111 Å². The molecule has 2 atom stereocenters. The molecule has 2 rings (SSSR count). The number of amides is 1. The third-order valence-electron chi connectivity index (χ3n) is 4.48. The Morgan fingerprint density at radius 2 is 1.83 bits per heavy atom. The number of hydrogen-bond acceptors (Lipinski definition) is 2. The van der Waals surface area contributed by atoms with Crippen LogP contribution < -0.4 is 0 Å². The minimum Gasteiger partial charge on any atom is -0.393 e. The zero-order valence-electron chi connectivity index (χ0n) is 11.6. The third-order valence-corrected chi connectivity index (χ3v) is 4.48. The average Bonchev–Trinajstić information content (AvgIpc) is 2.39. The number of aliphatic hydroxyl groups is 1.